The lowest BCUT2D eigenvalue weighted by atomic mass is 10.1. The van der Waals surface area contributed by atoms with Gasteiger partial charge in [-0.15, -0.1) is 0 Å². The van der Waals surface area contributed by atoms with Crippen molar-refractivity contribution in [3.63, 3.8) is 0 Å². The SMILES string of the molecule is CN(C)[C@@H](CNS(=O)(=O)c1cc(F)ccc1F)c1ccsc1. The van der Waals surface area contributed by atoms with Gasteiger partial charge in [0.05, 0.1) is 0 Å². The average Bonchev–Trinajstić information content (AvgIpc) is 2.95. The van der Waals surface area contributed by atoms with Crippen molar-refractivity contribution < 1.29 is 17.2 Å². The zero-order chi connectivity index (χ0) is 16.3. The summed E-state index contributed by atoms with van der Waals surface area (Å²) in [6.45, 7) is 0.0576. The summed E-state index contributed by atoms with van der Waals surface area (Å²) in [5.41, 5.74) is 0.956. The second kappa shape index (κ2) is 6.82. The number of likely N-dealkylation sites (N-methyl/N-ethyl adjacent to an activating group) is 1. The van der Waals surface area contributed by atoms with Crippen LogP contribution in [0.1, 0.15) is 11.6 Å². The van der Waals surface area contributed by atoms with E-state index in [9.17, 15) is 17.2 Å². The second-order valence-corrected chi connectivity index (χ2v) is 7.48. The third-order valence-electron chi connectivity index (χ3n) is 3.20. The van der Waals surface area contributed by atoms with Gasteiger partial charge in [-0.2, -0.15) is 11.3 Å². The number of nitrogens with zero attached hydrogens (tertiary/aromatic N) is 1. The Labute approximate surface area is 132 Å². The van der Waals surface area contributed by atoms with Gasteiger partial charge in [0.2, 0.25) is 10.0 Å². The highest BCUT2D eigenvalue weighted by molar-refractivity contribution is 7.89. The van der Waals surface area contributed by atoms with Crippen molar-refractivity contribution in [2.45, 2.75) is 10.9 Å². The predicted octanol–water partition coefficient (Wildman–Crippen LogP) is 2.61. The van der Waals surface area contributed by atoms with Gasteiger partial charge in [0.25, 0.3) is 0 Å². The molecule has 0 amide bonds. The molecule has 0 unspecified atom stereocenters. The molecule has 0 aliphatic rings. The normalized spacial score (nSPS) is 13.5. The first kappa shape index (κ1) is 17.0. The molecule has 1 atom stereocenters. The zero-order valence-electron chi connectivity index (χ0n) is 12.1. The standard InChI is InChI=1S/C14H16F2N2O2S2/c1-18(2)13(10-5-6-21-9-10)8-17-22(19,20)14-7-11(15)3-4-12(14)16/h3-7,9,13,17H,8H2,1-2H3/t13-/m0/s1. The largest absolute Gasteiger partial charge is 0.301 e. The minimum absolute atomic E-state index is 0.0576. The van der Waals surface area contributed by atoms with Crippen LogP contribution in [0.4, 0.5) is 8.78 Å². The molecule has 120 valence electrons. The summed E-state index contributed by atoms with van der Waals surface area (Å²) in [5.74, 6) is -1.78. The fourth-order valence-corrected chi connectivity index (χ4v) is 3.85. The van der Waals surface area contributed by atoms with Crippen molar-refractivity contribution in [3.05, 3.63) is 52.2 Å². The van der Waals surface area contributed by atoms with Crippen molar-refractivity contribution in [1.82, 2.24) is 9.62 Å². The van der Waals surface area contributed by atoms with E-state index in [0.29, 0.717) is 6.07 Å². The molecular weight excluding hydrogens is 330 g/mol. The van der Waals surface area contributed by atoms with E-state index < -0.39 is 26.6 Å². The zero-order valence-corrected chi connectivity index (χ0v) is 13.7. The van der Waals surface area contributed by atoms with E-state index in [1.54, 1.807) is 0 Å². The van der Waals surface area contributed by atoms with Gasteiger partial charge in [-0.1, -0.05) is 0 Å². The van der Waals surface area contributed by atoms with E-state index in [2.05, 4.69) is 4.72 Å². The lowest BCUT2D eigenvalue weighted by molar-refractivity contribution is 0.300. The van der Waals surface area contributed by atoms with Gasteiger partial charge >= 0.3 is 0 Å². The fourth-order valence-electron chi connectivity index (χ4n) is 2.01. The molecule has 0 fully saturated rings. The second-order valence-electron chi connectivity index (χ2n) is 4.96. The topological polar surface area (TPSA) is 49.4 Å². The maximum absolute atomic E-state index is 13.6. The van der Waals surface area contributed by atoms with Gasteiger partial charge in [-0.25, -0.2) is 21.9 Å². The van der Waals surface area contributed by atoms with Crippen LogP contribution < -0.4 is 4.72 Å². The molecule has 1 aromatic carbocycles. The van der Waals surface area contributed by atoms with Gasteiger partial charge < -0.3 is 4.90 Å². The number of halogens is 2. The van der Waals surface area contributed by atoms with Crippen molar-refractivity contribution in [3.8, 4) is 0 Å². The molecule has 1 aromatic heterocycles. The number of benzene rings is 1. The highest BCUT2D eigenvalue weighted by Gasteiger charge is 2.23. The monoisotopic (exact) mass is 346 g/mol. The van der Waals surface area contributed by atoms with Crippen LogP contribution >= 0.6 is 11.3 Å². The fraction of sp³-hybridized carbons (Fsp3) is 0.286. The highest BCUT2D eigenvalue weighted by atomic mass is 32.2. The molecule has 0 aliphatic carbocycles. The number of sulfonamides is 1. The van der Waals surface area contributed by atoms with Crippen LogP contribution in [0, 0.1) is 11.6 Å². The van der Waals surface area contributed by atoms with Crippen molar-refractivity contribution in [2.75, 3.05) is 20.6 Å². The number of thiophene rings is 1. The van der Waals surface area contributed by atoms with E-state index >= 15 is 0 Å². The Bertz CT molecular complexity index is 731. The first-order valence-electron chi connectivity index (χ1n) is 6.44. The summed E-state index contributed by atoms with van der Waals surface area (Å²) < 4.78 is 53.5. The lowest BCUT2D eigenvalue weighted by Gasteiger charge is -2.24. The van der Waals surface area contributed by atoms with Crippen molar-refractivity contribution >= 4 is 21.4 Å². The van der Waals surface area contributed by atoms with Crippen LogP contribution in [0.5, 0.6) is 0 Å². The number of hydrogen-bond acceptors (Lipinski definition) is 4. The number of hydrogen-bond donors (Lipinski definition) is 1. The lowest BCUT2D eigenvalue weighted by Crippen LogP contribution is -2.34. The summed E-state index contributed by atoms with van der Waals surface area (Å²) in [7, 11) is -0.484. The third-order valence-corrected chi connectivity index (χ3v) is 5.34. The van der Waals surface area contributed by atoms with Gasteiger partial charge in [0.1, 0.15) is 16.5 Å². The molecule has 0 aliphatic heterocycles. The summed E-state index contributed by atoms with van der Waals surface area (Å²) >= 11 is 1.51. The highest BCUT2D eigenvalue weighted by Crippen LogP contribution is 2.21. The van der Waals surface area contributed by atoms with E-state index in [-0.39, 0.29) is 12.6 Å². The Morgan fingerprint density at radius 1 is 1.27 bits per heavy atom. The molecule has 8 heteroatoms. The Balaban J connectivity index is 2.20. The van der Waals surface area contributed by atoms with Gasteiger partial charge in [-0.3, -0.25) is 0 Å². The van der Waals surface area contributed by atoms with Crippen LogP contribution in [0.15, 0.2) is 39.9 Å². The predicted molar refractivity (Wildman–Crippen MR) is 82.3 cm³/mol. The minimum atomic E-state index is -4.12. The van der Waals surface area contributed by atoms with Crippen LogP contribution in [0.25, 0.3) is 0 Å². The van der Waals surface area contributed by atoms with Gasteiger partial charge in [0, 0.05) is 12.6 Å². The maximum atomic E-state index is 13.6. The molecule has 22 heavy (non-hydrogen) atoms. The number of rotatable bonds is 6. The molecule has 0 saturated heterocycles. The van der Waals surface area contributed by atoms with E-state index in [1.165, 1.54) is 11.3 Å². The van der Waals surface area contributed by atoms with Crippen molar-refractivity contribution in [1.29, 1.82) is 0 Å². The molecule has 2 rings (SSSR count). The quantitative estimate of drug-likeness (QED) is 0.875. The molecule has 0 radical (unpaired) electrons. The molecule has 4 nitrogen and oxygen atoms in total. The summed E-state index contributed by atoms with van der Waals surface area (Å²) in [6.07, 6.45) is 0. The Hall–Kier alpha value is -1.35. The summed E-state index contributed by atoms with van der Waals surface area (Å²) in [5, 5.41) is 3.81. The van der Waals surface area contributed by atoms with E-state index in [4.69, 9.17) is 0 Å². The minimum Gasteiger partial charge on any atom is -0.301 e. The molecule has 2 aromatic rings. The maximum Gasteiger partial charge on any atom is 0.243 e. The molecule has 0 spiro atoms. The Morgan fingerprint density at radius 2 is 2.00 bits per heavy atom. The number of nitrogens with one attached hydrogen (secondary N) is 1. The van der Waals surface area contributed by atoms with Crippen molar-refractivity contribution in [2.24, 2.45) is 0 Å². The van der Waals surface area contributed by atoms with Crippen LogP contribution in [-0.2, 0) is 10.0 Å². The molecule has 0 saturated carbocycles. The summed E-state index contributed by atoms with van der Waals surface area (Å²) in [4.78, 5) is 1.17. The van der Waals surface area contributed by atoms with E-state index in [0.717, 1.165) is 17.7 Å². The van der Waals surface area contributed by atoms with Crippen LogP contribution in [0.2, 0.25) is 0 Å². The third kappa shape index (κ3) is 3.89. The van der Waals surface area contributed by atoms with E-state index in [1.807, 2.05) is 35.8 Å². The first-order valence-corrected chi connectivity index (χ1v) is 8.87. The van der Waals surface area contributed by atoms with Gasteiger partial charge in [0.15, 0.2) is 0 Å². The Kier molecular flexibility index (Phi) is 5.28. The molecule has 1 heterocycles. The van der Waals surface area contributed by atoms with Crippen LogP contribution in [0.3, 0.4) is 0 Å². The Morgan fingerprint density at radius 3 is 2.59 bits per heavy atom. The molecule has 1 N–H and O–H groups in total. The molecular formula is C14H16F2N2O2S2. The smallest absolute Gasteiger partial charge is 0.243 e. The summed E-state index contributed by atoms with van der Waals surface area (Å²) in [6, 6.07) is 4.05. The van der Waals surface area contributed by atoms with Gasteiger partial charge in [-0.05, 0) is 54.7 Å². The molecule has 0 bridgehead atoms. The average molecular weight is 346 g/mol. The van der Waals surface area contributed by atoms with Crippen LogP contribution in [-0.4, -0.2) is 34.0 Å². The first-order chi connectivity index (χ1) is 10.3.